The summed E-state index contributed by atoms with van der Waals surface area (Å²) in [5.74, 6) is -0.270. The van der Waals surface area contributed by atoms with Gasteiger partial charge in [0.25, 0.3) is 5.91 Å². The lowest BCUT2D eigenvalue weighted by Gasteiger charge is -2.23. The van der Waals surface area contributed by atoms with Crippen LogP contribution in [0.1, 0.15) is 44.3 Å². The number of nitrogens with one attached hydrogen (secondary N) is 1. The van der Waals surface area contributed by atoms with Crippen LogP contribution in [0.3, 0.4) is 0 Å². The number of aryl methyl sites for hydroxylation is 1. The molecule has 1 atom stereocenters. The Hall–Kier alpha value is -1.36. The van der Waals surface area contributed by atoms with Crippen LogP contribution in [-0.4, -0.2) is 26.4 Å². The Labute approximate surface area is 101 Å². The van der Waals surface area contributed by atoms with Crippen LogP contribution in [0.25, 0.3) is 0 Å². The van der Waals surface area contributed by atoms with Gasteiger partial charge in [0.1, 0.15) is 5.60 Å². The number of carbonyl (C=O) groups is 1. The van der Waals surface area contributed by atoms with Crippen LogP contribution in [0.2, 0.25) is 0 Å². The third-order valence-corrected chi connectivity index (χ3v) is 3.38. The monoisotopic (exact) mass is 237 g/mol. The second-order valence-corrected chi connectivity index (χ2v) is 4.85. The number of amides is 1. The Balaban J connectivity index is 1.99. The Morgan fingerprint density at radius 3 is 2.76 bits per heavy atom. The van der Waals surface area contributed by atoms with Crippen molar-refractivity contribution in [3.05, 3.63) is 18.0 Å². The number of aliphatic hydroxyl groups is 1. The molecule has 1 aromatic rings. The van der Waals surface area contributed by atoms with E-state index in [0.29, 0.717) is 12.8 Å². The van der Waals surface area contributed by atoms with E-state index in [2.05, 4.69) is 10.4 Å². The summed E-state index contributed by atoms with van der Waals surface area (Å²) in [7, 11) is 1.84. The van der Waals surface area contributed by atoms with Gasteiger partial charge in [0.15, 0.2) is 0 Å². The minimum absolute atomic E-state index is 0.173. The predicted molar refractivity (Wildman–Crippen MR) is 63.2 cm³/mol. The average molecular weight is 237 g/mol. The van der Waals surface area contributed by atoms with Crippen LogP contribution >= 0.6 is 0 Å². The molecule has 1 amide bonds. The zero-order valence-electron chi connectivity index (χ0n) is 10.3. The van der Waals surface area contributed by atoms with Crippen molar-refractivity contribution in [1.29, 1.82) is 0 Å². The van der Waals surface area contributed by atoms with E-state index in [0.717, 1.165) is 18.5 Å². The molecule has 5 heteroatoms. The molecule has 1 aromatic heterocycles. The quantitative estimate of drug-likeness (QED) is 0.821. The number of carbonyl (C=O) groups excluding carboxylic acids is 1. The minimum atomic E-state index is -1.16. The molecule has 2 rings (SSSR count). The first kappa shape index (κ1) is 12.1. The molecule has 1 unspecified atom stereocenters. The summed E-state index contributed by atoms with van der Waals surface area (Å²) in [5.41, 5.74) is -0.356. The molecule has 1 heterocycles. The maximum absolute atomic E-state index is 12.0. The summed E-state index contributed by atoms with van der Waals surface area (Å²) in [6.07, 6.45) is 4.80. The van der Waals surface area contributed by atoms with E-state index in [4.69, 9.17) is 0 Å². The molecule has 1 aliphatic rings. The van der Waals surface area contributed by atoms with Crippen LogP contribution < -0.4 is 5.32 Å². The summed E-state index contributed by atoms with van der Waals surface area (Å²) < 4.78 is 1.70. The molecule has 1 fully saturated rings. The van der Waals surface area contributed by atoms with Gasteiger partial charge in [-0.1, -0.05) is 0 Å². The van der Waals surface area contributed by atoms with E-state index in [1.807, 2.05) is 26.2 Å². The van der Waals surface area contributed by atoms with E-state index in [9.17, 15) is 9.90 Å². The third-order valence-electron chi connectivity index (χ3n) is 3.38. The molecule has 0 spiro atoms. The van der Waals surface area contributed by atoms with E-state index in [1.165, 1.54) is 0 Å². The standard InChI is InChI=1S/C12H19N3O2/c1-9(10-5-8-15(2)14-10)13-11(16)12(17)6-3-4-7-12/h5,8-9,17H,3-4,6-7H2,1-2H3,(H,13,16). The highest BCUT2D eigenvalue weighted by atomic mass is 16.3. The fraction of sp³-hybridized carbons (Fsp3) is 0.667. The summed E-state index contributed by atoms with van der Waals surface area (Å²) in [6, 6.07) is 1.69. The molecule has 0 radical (unpaired) electrons. The third kappa shape index (κ3) is 2.49. The van der Waals surface area contributed by atoms with Gasteiger partial charge in [-0.3, -0.25) is 9.48 Å². The Morgan fingerprint density at radius 2 is 2.24 bits per heavy atom. The van der Waals surface area contributed by atoms with Crippen molar-refractivity contribution in [3.63, 3.8) is 0 Å². The zero-order valence-corrected chi connectivity index (χ0v) is 10.3. The maximum atomic E-state index is 12.0. The van der Waals surface area contributed by atoms with Gasteiger partial charge in [0, 0.05) is 13.2 Å². The highest BCUT2D eigenvalue weighted by molar-refractivity contribution is 5.85. The second kappa shape index (κ2) is 4.49. The van der Waals surface area contributed by atoms with E-state index >= 15 is 0 Å². The summed E-state index contributed by atoms with van der Waals surface area (Å²) in [5, 5.41) is 17.2. The molecule has 94 valence electrons. The predicted octanol–water partition coefficient (Wildman–Crippen LogP) is 0.902. The molecule has 2 N–H and O–H groups in total. The molecule has 5 nitrogen and oxygen atoms in total. The van der Waals surface area contributed by atoms with E-state index < -0.39 is 5.60 Å². The molecule has 0 aromatic carbocycles. The first-order valence-electron chi connectivity index (χ1n) is 6.04. The van der Waals surface area contributed by atoms with Crippen molar-refractivity contribution >= 4 is 5.91 Å². The fourth-order valence-electron chi connectivity index (χ4n) is 2.26. The largest absolute Gasteiger partial charge is 0.380 e. The number of hydrogen-bond acceptors (Lipinski definition) is 3. The number of nitrogens with zero attached hydrogens (tertiary/aromatic N) is 2. The number of aromatic nitrogens is 2. The van der Waals surface area contributed by atoms with Gasteiger partial charge in [-0.15, -0.1) is 0 Å². The van der Waals surface area contributed by atoms with Crippen molar-refractivity contribution in [2.45, 2.75) is 44.2 Å². The molecule has 17 heavy (non-hydrogen) atoms. The molecule has 0 saturated heterocycles. The molecule has 0 aliphatic heterocycles. The van der Waals surface area contributed by atoms with Gasteiger partial charge in [-0.05, 0) is 38.7 Å². The van der Waals surface area contributed by atoms with Crippen molar-refractivity contribution in [1.82, 2.24) is 15.1 Å². The van der Waals surface area contributed by atoms with Crippen molar-refractivity contribution < 1.29 is 9.90 Å². The Morgan fingerprint density at radius 1 is 1.59 bits per heavy atom. The lowest BCUT2D eigenvalue weighted by molar-refractivity contribution is -0.139. The highest BCUT2D eigenvalue weighted by Crippen LogP contribution is 2.30. The van der Waals surface area contributed by atoms with Crippen LogP contribution in [0, 0.1) is 0 Å². The van der Waals surface area contributed by atoms with Crippen LogP contribution in [0.4, 0.5) is 0 Å². The van der Waals surface area contributed by atoms with Crippen LogP contribution in [-0.2, 0) is 11.8 Å². The van der Waals surface area contributed by atoms with E-state index in [1.54, 1.807) is 4.68 Å². The highest BCUT2D eigenvalue weighted by Gasteiger charge is 2.39. The minimum Gasteiger partial charge on any atom is -0.380 e. The fourth-order valence-corrected chi connectivity index (χ4v) is 2.26. The lowest BCUT2D eigenvalue weighted by atomic mass is 10.0. The Kier molecular flexibility index (Phi) is 3.19. The van der Waals surface area contributed by atoms with Gasteiger partial charge in [0.2, 0.25) is 0 Å². The zero-order chi connectivity index (χ0) is 12.5. The maximum Gasteiger partial charge on any atom is 0.252 e. The van der Waals surface area contributed by atoms with Gasteiger partial charge in [-0.25, -0.2) is 0 Å². The number of rotatable bonds is 3. The topological polar surface area (TPSA) is 67.2 Å². The van der Waals surface area contributed by atoms with Gasteiger partial charge < -0.3 is 10.4 Å². The molecule has 0 bridgehead atoms. The van der Waals surface area contributed by atoms with E-state index in [-0.39, 0.29) is 11.9 Å². The summed E-state index contributed by atoms with van der Waals surface area (Å²) >= 11 is 0. The molecular weight excluding hydrogens is 218 g/mol. The van der Waals surface area contributed by atoms with Crippen LogP contribution in [0.15, 0.2) is 12.3 Å². The number of hydrogen-bond donors (Lipinski definition) is 2. The normalized spacial score (nSPS) is 20.2. The molecule has 1 saturated carbocycles. The van der Waals surface area contributed by atoms with Crippen molar-refractivity contribution in [3.8, 4) is 0 Å². The lowest BCUT2D eigenvalue weighted by Crippen LogP contribution is -2.45. The average Bonchev–Trinajstić information content (AvgIpc) is 2.88. The molecular formula is C12H19N3O2. The molecule has 1 aliphatic carbocycles. The first-order valence-corrected chi connectivity index (χ1v) is 6.04. The summed E-state index contributed by atoms with van der Waals surface area (Å²) in [4.78, 5) is 12.0. The SMILES string of the molecule is CC(NC(=O)C1(O)CCCC1)c1ccn(C)n1. The first-order chi connectivity index (χ1) is 8.01. The van der Waals surface area contributed by atoms with Crippen molar-refractivity contribution in [2.75, 3.05) is 0 Å². The summed E-state index contributed by atoms with van der Waals surface area (Å²) in [6.45, 7) is 1.87. The van der Waals surface area contributed by atoms with Crippen molar-refractivity contribution in [2.24, 2.45) is 7.05 Å². The van der Waals surface area contributed by atoms with Gasteiger partial charge >= 0.3 is 0 Å². The van der Waals surface area contributed by atoms with Gasteiger partial charge in [0.05, 0.1) is 11.7 Å². The van der Waals surface area contributed by atoms with Gasteiger partial charge in [-0.2, -0.15) is 5.10 Å². The second-order valence-electron chi connectivity index (χ2n) is 4.85. The Bertz CT molecular complexity index is 408. The smallest absolute Gasteiger partial charge is 0.252 e. The van der Waals surface area contributed by atoms with Crippen LogP contribution in [0.5, 0.6) is 0 Å².